The van der Waals surface area contributed by atoms with Crippen molar-refractivity contribution in [2.45, 2.75) is 38.3 Å². The summed E-state index contributed by atoms with van der Waals surface area (Å²) in [4.78, 5) is 16.7. The van der Waals surface area contributed by atoms with E-state index in [0.717, 1.165) is 6.42 Å². The highest BCUT2D eigenvalue weighted by atomic mass is 16.7. The van der Waals surface area contributed by atoms with Crippen LogP contribution in [0.15, 0.2) is 24.5 Å². The van der Waals surface area contributed by atoms with Gasteiger partial charge in [0.05, 0.1) is 17.6 Å². The number of nitrogens with zero attached hydrogens (tertiary/aromatic N) is 3. The fraction of sp³-hybridized carbons (Fsp3) is 0.438. The molecule has 2 aromatic rings. The van der Waals surface area contributed by atoms with Gasteiger partial charge in [-0.2, -0.15) is 9.78 Å². The molecule has 6 N–H and O–H groups in total. The number of pyridine rings is 1. The third kappa shape index (κ3) is 3.54. The van der Waals surface area contributed by atoms with Crippen LogP contribution in [0.25, 0.3) is 11.3 Å². The molecule has 2 atom stereocenters. The smallest absolute Gasteiger partial charge is 0.324 e. The fourth-order valence-electron chi connectivity index (χ4n) is 2.92. The summed E-state index contributed by atoms with van der Waals surface area (Å²) in [7, 11) is 0. The van der Waals surface area contributed by atoms with E-state index in [4.69, 9.17) is 5.73 Å². The molecule has 3 rings (SSSR count). The first-order valence-electron chi connectivity index (χ1n) is 8.05. The van der Waals surface area contributed by atoms with Crippen LogP contribution < -0.4 is 11.1 Å². The Labute approximate surface area is 144 Å². The van der Waals surface area contributed by atoms with Crippen molar-refractivity contribution in [3.63, 3.8) is 0 Å². The Morgan fingerprint density at radius 1 is 1.36 bits per heavy atom. The Balaban J connectivity index is 2.18. The number of carbonyl (C=O) groups is 1. The topological polar surface area (TPSA) is 147 Å². The van der Waals surface area contributed by atoms with Crippen molar-refractivity contribution in [3.8, 4) is 11.3 Å². The Morgan fingerprint density at radius 3 is 2.84 bits per heavy atom. The van der Waals surface area contributed by atoms with Gasteiger partial charge in [0.2, 0.25) is 5.91 Å². The van der Waals surface area contributed by atoms with Gasteiger partial charge in [-0.3, -0.25) is 9.78 Å². The van der Waals surface area contributed by atoms with E-state index >= 15 is 0 Å². The molecular formula is C16H21N5O4. The molecule has 9 nitrogen and oxygen atoms in total. The van der Waals surface area contributed by atoms with E-state index in [1.165, 1.54) is 12.4 Å². The number of aromatic nitrogens is 3. The number of fused-ring (bicyclic) bond motifs is 4. The molecule has 25 heavy (non-hydrogen) atoms. The van der Waals surface area contributed by atoms with Crippen molar-refractivity contribution < 1.29 is 20.1 Å². The molecule has 0 radical (unpaired) electrons. The average Bonchev–Trinajstić information content (AvgIpc) is 2.97. The van der Waals surface area contributed by atoms with Crippen LogP contribution in [0.1, 0.15) is 37.9 Å². The Morgan fingerprint density at radius 2 is 2.12 bits per heavy atom. The highest BCUT2D eigenvalue weighted by molar-refractivity contribution is 5.95. The van der Waals surface area contributed by atoms with Crippen LogP contribution in [0.2, 0.25) is 0 Å². The summed E-state index contributed by atoms with van der Waals surface area (Å²) in [5, 5.41) is 35.3. The lowest BCUT2D eigenvalue weighted by Gasteiger charge is -2.20. The number of amides is 1. The molecule has 3 heterocycles. The molecule has 1 aliphatic heterocycles. The van der Waals surface area contributed by atoms with Crippen LogP contribution in [-0.4, -0.2) is 36.0 Å². The molecule has 1 amide bonds. The third-order valence-corrected chi connectivity index (χ3v) is 4.35. The summed E-state index contributed by atoms with van der Waals surface area (Å²) >= 11 is 0. The average molecular weight is 347 g/mol. The molecule has 0 spiro atoms. The summed E-state index contributed by atoms with van der Waals surface area (Å²) in [6, 6.07) is 2.99. The maximum absolute atomic E-state index is 12.4. The maximum Gasteiger partial charge on any atom is 0.389 e. The van der Waals surface area contributed by atoms with Gasteiger partial charge in [-0.15, -0.1) is 0 Å². The van der Waals surface area contributed by atoms with E-state index in [9.17, 15) is 20.1 Å². The summed E-state index contributed by atoms with van der Waals surface area (Å²) in [5.74, 6) is -0.472. The van der Waals surface area contributed by atoms with Gasteiger partial charge in [0.25, 0.3) is 0 Å². The fourth-order valence-corrected chi connectivity index (χ4v) is 2.92. The second-order valence-electron chi connectivity index (χ2n) is 6.32. The largest absolute Gasteiger partial charge is 0.389 e. The van der Waals surface area contributed by atoms with Crippen LogP contribution in [0, 0.1) is 5.92 Å². The van der Waals surface area contributed by atoms with E-state index in [0.29, 0.717) is 28.8 Å². The van der Waals surface area contributed by atoms with Gasteiger partial charge in [0.1, 0.15) is 5.69 Å². The molecule has 0 aromatic carbocycles. The van der Waals surface area contributed by atoms with Gasteiger partial charge in [0, 0.05) is 23.7 Å². The van der Waals surface area contributed by atoms with Gasteiger partial charge in [0.15, 0.2) is 0 Å². The lowest BCUT2D eigenvalue weighted by atomic mass is 9.97. The SMILES string of the molecule is CC1CCCC(N)c2cc(ccn2)-c2c(cnn2C(O)(O)O)NC1=O. The van der Waals surface area contributed by atoms with Crippen LogP contribution in [0.4, 0.5) is 5.69 Å². The standard InChI is InChI=1S/C16H21N5O4/c1-9-3-2-4-11(17)12-7-10(5-6-18-12)14-13(20-15(9)22)8-19-21(14)16(23,24)25/h5-9,11,23-25H,2-4,17H2,1H3,(H,20,22). The first-order chi connectivity index (χ1) is 11.8. The van der Waals surface area contributed by atoms with Crippen molar-refractivity contribution in [1.82, 2.24) is 14.8 Å². The second-order valence-corrected chi connectivity index (χ2v) is 6.32. The minimum atomic E-state index is -3.22. The Kier molecular flexibility index (Phi) is 4.56. The molecular weight excluding hydrogens is 326 g/mol. The molecule has 134 valence electrons. The predicted molar refractivity (Wildman–Crippen MR) is 88.7 cm³/mol. The van der Waals surface area contributed by atoms with Gasteiger partial charge < -0.3 is 26.4 Å². The van der Waals surface area contributed by atoms with Crippen LogP contribution >= 0.6 is 0 Å². The predicted octanol–water partition coefficient (Wildman–Crippen LogP) is 0.248. The summed E-state index contributed by atoms with van der Waals surface area (Å²) in [6.45, 7) is 1.81. The minimum Gasteiger partial charge on any atom is -0.324 e. The van der Waals surface area contributed by atoms with E-state index in [1.807, 2.05) is 6.92 Å². The van der Waals surface area contributed by atoms with Crippen LogP contribution in [0.3, 0.4) is 0 Å². The van der Waals surface area contributed by atoms with E-state index in [1.54, 1.807) is 12.1 Å². The molecule has 2 unspecified atom stereocenters. The lowest BCUT2D eigenvalue weighted by Crippen LogP contribution is -2.34. The van der Waals surface area contributed by atoms with Crippen molar-refractivity contribution in [3.05, 3.63) is 30.2 Å². The number of aliphatic hydroxyl groups is 3. The van der Waals surface area contributed by atoms with Crippen molar-refractivity contribution >= 4 is 11.6 Å². The monoisotopic (exact) mass is 347 g/mol. The molecule has 2 aromatic heterocycles. The lowest BCUT2D eigenvalue weighted by molar-refractivity contribution is -0.379. The number of hydrogen-bond donors (Lipinski definition) is 5. The highest BCUT2D eigenvalue weighted by Gasteiger charge is 2.30. The first-order valence-corrected chi connectivity index (χ1v) is 8.05. The number of carbonyl (C=O) groups excluding carboxylic acids is 1. The number of nitrogens with two attached hydrogens (primary N) is 1. The molecule has 2 bridgehead atoms. The number of rotatable bonds is 1. The third-order valence-electron chi connectivity index (χ3n) is 4.35. The van der Waals surface area contributed by atoms with Gasteiger partial charge in [-0.1, -0.05) is 13.3 Å². The molecule has 0 saturated heterocycles. The number of hydrogen-bond acceptors (Lipinski definition) is 7. The van der Waals surface area contributed by atoms with E-state index in [-0.39, 0.29) is 29.2 Å². The zero-order valence-corrected chi connectivity index (χ0v) is 13.8. The molecule has 0 saturated carbocycles. The molecule has 0 aliphatic carbocycles. The Bertz CT molecular complexity index is 783. The minimum absolute atomic E-state index is 0.143. The van der Waals surface area contributed by atoms with Gasteiger partial charge >= 0.3 is 6.10 Å². The molecule has 1 aliphatic rings. The number of nitrogens with one attached hydrogen (secondary N) is 1. The molecule has 9 heteroatoms. The Hall–Kier alpha value is -2.33. The quantitative estimate of drug-likeness (QED) is 0.465. The van der Waals surface area contributed by atoms with Crippen molar-refractivity contribution in [1.29, 1.82) is 0 Å². The molecule has 0 fully saturated rings. The van der Waals surface area contributed by atoms with Gasteiger partial charge in [-0.05, 0) is 25.0 Å². The highest BCUT2D eigenvalue weighted by Crippen LogP contribution is 2.32. The summed E-state index contributed by atoms with van der Waals surface area (Å²) in [6.07, 6.45) is 1.68. The number of anilines is 1. The summed E-state index contributed by atoms with van der Waals surface area (Å²) < 4.78 is 0.615. The van der Waals surface area contributed by atoms with E-state index < -0.39 is 6.10 Å². The first kappa shape index (κ1) is 17.5. The normalized spacial score (nSPS) is 21.7. The second kappa shape index (κ2) is 6.52. The maximum atomic E-state index is 12.4. The zero-order chi connectivity index (χ0) is 18.2. The zero-order valence-electron chi connectivity index (χ0n) is 13.8. The summed E-state index contributed by atoms with van der Waals surface area (Å²) in [5.41, 5.74) is 7.71. The van der Waals surface area contributed by atoms with Crippen molar-refractivity contribution in [2.24, 2.45) is 11.7 Å². The van der Waals surface area contributed by atoms with Crippen molar-refractivity contribution in [2.75, 3.05) is 5.32 Å². The van der Waals surface area contributed by atoms with Crippen LogP contribution in [-0.2, 0) is 10.9 Å². The van der Waals surface area contributed by atoms with E-state index in [2.05, 4.69) is 15.4 Å². The van der Waals surface area contributed by atoms with Crippen LogP contribution in [0.5, 0.6) is 0 Å². The van der Waals surface area contributed by atoms with Gasteiger partial charge in [-0.25, -0.2) is 0 Å².